The summed E-state index contributed by atoms with van der Waals surface area (Å²) in [5, 5.41) is 19.6. The fraction of sp³-hybridized carbons (Fsp3) is 0.0526. The maximum absolute atomic E-state index is 13.0. The minimum absolute atomic E-state index is 0.0280. The van der Waals surface area contributed by atoms with Crippen molar-refractivity contribution >= 4 is 56.5 Å². The molecule has 3 N–H and O–H groups in total. The van der Waals surface area contributed by atoms with Gasteiger partial charge in [-0.05, 0) is 29.8 Å². The minimum atomic E-state index is -5.11. The van der Waals surface area contributed by atoms with Crippen LogP contribution in [0.15, 0.2) is 54.6 Å². The Kier molecular flexibility index (Phi) is 5.98. The molecule has 0 fully saturated rings. The lowest BCUT2D eigenvalue weighted by atomic mass is 9.83. The third-order valence-corrected chi connectivity index (χ3v) is 7.25. The van der Waals surface area contributed by atoms with Crippen molar-refractivity contribution in [3.05, 3.63) is 91.4 Å². The van der Waals surface area contributed by atoms with Crippen molar-refractivity contribution in [1.29, 1.82) is 0 Å². The average molecular weight is 494 g/mol. The monoisotopic (exact) mass is 492 g/mol. The minimum Gasteiger partial charge on any atom is -0.508 e. The number of hydrogen-bond donors (Lipinski definition) is 3. The molecule has 0 radical (unpaired) electrons. The summed E-state index contributed by atoms with van der Waals surface area (Å²) in [6, 6.07) is 11.9. The van der Waals surface area contributed by atoms with Crippen LogP contribution >= 0.6 is 46.4 Å². The van der Waals surface area contributed by atoms with Crippen LogP contribution in [0, 0.1) is 0 Å². The van der Waals surface area contributed by atoms with Crippen LogP contribution in [0.3, 0.4) is 0 Å². The highest BCUT2D eigenvalue weighted by molar-refractivity contribution is 7.87. The first-order valence-electron chi connectivity index (χ1n) is 7.90. The van der Waals surface area contributed by atoms with Gasteiger partial charge in [0.05, 0.1) is 10.0 Å². The molecule has 0 aromatic heterocycles. The van der Waals surface area contributed by atoms with Crippen LogP contribution in [0.5, 0.6) is 11.5 Å². The average Bonchev–Trinajstić information content (AvgIpc) is 2.64. The van der Waals surface area contributed by atoms with Crippen LogP contribution in [-0.4, -0.2) is 23.2 Å². The SMILES string of the molecule is O=S(=O)(O)C(c1ccc(O)cc1)(c1ccccc1Cl)c1c(Cl)cc(Cl)c(Cl)c1O. The van der Waals surface area contributed by atoms with Gasteiger partial charge in [0, 0.05) is 16.1 Å². The second-order valence-electron chi connectivity index (χ2n) is 6.06. The fourth-order valence-corrected chi connectivity index (χ4v) is 5.70. The number of phenols is 2. The van der Waals surface area contributed by atoms with E-state index in [4.69, 9.17) is 46.4 Å². The summed E-state index contributed by atoms with van der Waals surface area (Å²) < 4.78 is 34.0. The van der Waals surface area contributed by atoms with Gasteiger partial charge in [-0.3, -0.25) is 4.55 Å². The van der Waals surface area contributed by atoms with Crippen LogP contribution in [0.4, 0.5) is 0 Å². The van der Waals surface area contributed by atoms with Gasteiger partial charge in [-0.2, -0.15) is 8.42 Å². The summed E-state index contributed by atoms with van der Waals surface area (Å²) in [4.78, 5) is 0. The molecule has 0 saturated heterocycles. The van der Waals surface area contributed by atoms with E-state index in [1.807, 2.05) is 0 Å². The molecule has 152 valence electrons. The van der Waals surface area contributed by atoms with Gasteiger partial charge in [0.2, 0.25) is 0 Å². The lowest BCUT2D eigenvalue weighted by Crippen LogP contribution is -2.39. The Morgan fingerprint density at radius 3 is 1.93 bits per heavy atom. The molecule has 0 saturated carbocycles. The van der Waals surface area contributed by atoms with Crippen LogP contribution in [0.2, 0.25) is 20.1 Å². The van der Waals surface area contributed by atoms with E-state index >= 15 is 0 Å². The van der Waals surface area contributed by atoms with Crippen molar-refractivity contribution in [2.45, 2.75) is 4.75 Å². The summed E-state index contributed by atoms with van der Waals surface area (Å²) in [6.07, 6.45) is 0. The number of phenolic OH excluding ortho intramolecular Hbond substituents is 2. The standard InChI is InChI=1S/C19H12Cl4O5S/c20-13-4-2-1-3-12(13)19(29(26,27)28,10-5-7-11(24)8-6-10)16-14(21)9-15(22)17(23)18(16)25/h1-9,24-25H,(H,26,27,28). The predicted molar refractivity (Wildman–Crippen MR) is 114 cm³/mol. The molecular formula is C19H12Cl4O5S. The number of benzene rings is 3. The second kappa shape index (κ2) is 7.87. The molecule has 0 bridgehead atoms. The van der Waals surface area contributed by atoms with E-state index in [0.717, 1.165) is 6.07 Å². The molecule has 3 rings (SSSR count). The van der Waals surface area contributed by atoms with Crippen molar-refractivity contribution in [3.8, 4) is 11.5 Å². The number of rotatable bonds is 4. The molecule has 29 heavy (non-hydrogen) atoms. The first-order valence-corrected chi connectivity index (χ1v) is 10.9. The summed E-state index contributed by atoms with van der Waals surface area (Å²) >= 11 is 24.6. The summed E-state index contributed by atoms with van der Waals surface area (Å²) in [7, 11) is -5.11. The number of halogens is 4. The normalized spacial score (nSPS) is 13.8. The molecule has 0 amide bonds. The maximum atomic E-state index is 13.0. The van der Waals surface area contributed by atoms with Crippen molar-refractivity contribution < 1.29 is 23.2 Å². The molecule has 0 aliphatic rings. The van der Waals surface area contributed by atoms with E-state index < -0.39 is 26.2 Å². The summed E-state index contributed by atoms with van der Waals surface area (Å²) in [5.74, 6) is -0.892. The van der Waals surface area contributed by atoms with E-state index in [9.17, 15) is 23.2 Å². The van der Waals surface area contributed by atoms with Gasteiger partial charge in [-0.1, -0.05) is 76.7 Å². The second-order valence-corrected chi connectivity index (χ2v) is 9.22. The Balaban J connectivity index is 2.64. The molecule has 1 unspecified atom stereocenters. The molecule has 0 aliphatic heterocycles. The van der Waals surface area contributed by atoms with Gasteiger partial charge in [-0.15, -0.1) is 0 Å². The Morgan fingerprint density at radius 2 is 1.38 bits per heavy atom. The lowest BCUT2D eigenvalue weighted by molar-refractivity contribution is 0.440. The van der Waals surface area contributed by atoms with Gasteiger partial charge in [0.25, 0.3) is 10.1 Å². The predicted octanol–water partition coefficient (Wildman–Crippen LogP) is 5.89. The third-order valence-electron chi connectivity index (χ3n) is 4.41. The molecule has 3 aromatic rings. The van der Waals surface area contributed by atoms with Gasteiger partial charge < -0.3 is 10.2 Å². The van der Waals surface area contributed by atoms with E-state index in [1.54, 1.807) is 6.07 Å². The van der Waals surface area contributed by atoms with Crippen LogP contribution in [0.25, 0.3) is 0 Å². The highest BCUT2D eigenvalue weighted by Crippen LogP contribution is 2.54. The Labute approximate surface area is 186 Å². The van der Waals surface area contributed by atoms with Gasteiger partial charge in [-0.25, -0.2) is 0 Å². The molecule has 0 heterocycles. The summed E-state index contributed by atoms with van der Waals surface area (Å²) in [5.41, 5.74) is -0.582. The fourth-order valence-electron chi connectivity index (χ4n) is 3.21. The highest BCUT2D eigenvalue weighted by atomic mass is 35.5. The largest absolute Gasteiger partial charge is 0.508 e. The molecule has 1 atom stereocenters. The Morgan fingerprint density at radius 1 is 0.793 bits per heavy atom. The first kappa shape index (κ1) is 22.0. The topological polar surface area (TPSA) is 94.8 Å². The quantitative estimate of drug-likeness (QED) is 0.239. The molecular weight excluding hydrogens is 482 g/mol. The van der Waals surface area contributed by atoms with Crippen molar-refractivity contribution in [1.82, 2.24) is 0 Å². The molecule has 0 aliphatic carbocycles. The molecule has 5 nitrogen and oxygen atoms in total. The van der Waals surface area contributed by atoms with Gasteiger partial charge in [0.15, 0.2) is 4.75 Å². The maximum Gasteiger partial charge on any atom is 0.283 e. The van der Waals surface area contributed by atoms with E-state index in [-0.39, 0.29) is 37.0 Å². The number of hydrogen-bond acceptors (Lipinski definition) is 4. The smallest absolute Gasteiger partial charge is 0.283 e. The third kappa shape index (κ3) is 3.54. The van der Waals surface area contributed by atoms with Crippen molar-refractivity contribution in [2.24, 2.45) is 0 Å². The van der Waals surface area contributed by atoms with E-state index in [2.05, 4.69) is 0 Å². The lowest BCUT2D eigenvalue weighted by Gasteiger charge is -2.34. The van der Waals surface area contributed by atoms with Crippen molar-refractivity contribution in [3.63, 3.8) is 0 Å². The van der Waals surface area contributed by atoms with Crippen LogP contribution in [-0.2, 0) is 14.9 Å². The van der Waals surface area contributed by atoms with Gasteiger partial charge >= 0.3 is 0 Å². The summed E-state index contributed by atoms with van der Waals surface area (Å²) in [6.45, 7) is 0. The highest BCUT2D eigenvalue weighted by Gasteiger charge is 2.52. The molecule has 0 spiro atoms. The van der Waals surface area contributed by atoms with E-state index in [1.165, 1.54) is 42.5 Å². The molecule has 10 heteroatoms. The Bertz CT molecular complexity index is 1200. The zero-order chi connectivity index (χ0) is 21.6. The zero-order valence-electron chi connectivity index (χ0n) is 14.3. The van der Waals surface area contributed by atoms with E-state index in [0.29, 0.717) is 0 Å². The van der Waals surface area contributed by atoms with Gasteiger partial charge in [0.1, 0.15) is 16.5 Å². The first-order chi connectivity index (χ1) is 13.5. The Hall–Kier alpha value is -1.67. The molecule has 3 aromatic carbocycles. The zero-order valence-corrected chi connectivity index (χ0v) is 18.1. The van der Waals surface area contributed by atoms with Crippen molar-refractivity contribution in [2.75, 3.05) is 0 Å². The van der Waals surface area contributed by atoms with Crippen LogP contribution < -0.4 is 0 Å². The number of aromatic hydroxyl groups is 2. The van der Waals surface area contributed by atoms with Crippen LogP contribution in [0.1, 0.15) is 16.7 Å².